The van der Waals surface area contributed by atoms with E-state index in [4.69, 9.17) is 9.47 Å². The van der Waals surface area contributed by atoms with Gasteiger partial charge in [0.15, 0.2) is 11.5 Å². The third kappa shape index (κ3) is 4.65. The molecular weight excluding hydrogens is 328 g/mol. The molecule has 0 aromatic heterocycles. The van der Waals surface area contributed by atoms with Crippen LogP contribution in [0.3, 0.4) is 0 Å². The fourth-order valence-corrected chi connectivity index (χ4v) is 3.16. The van der Waals surface area contributed by atoms with E-state index in [0.717, 1.165) is 43.1 Å². The predicted octanol–water partition coefficient (Wildman–Crippen LogP) is 2.35. The smallest absolute Gasteiger partial charge is 0.246 e. The van der Waals surface area contributed by atoms with Crippen LogP contribution in [-0.4, -0.2) is 50.7 Å². The molecule has 1 fully saturated rings. The molecular formula is C18H25ClN2O3. The summed E-state index contributed by atoms with van der Waals surface area (Å²) in [4.78, 5) is 14.3. The molecule has 1 aromatic carbocycles. The van der Waals surface area contributed by atoms with E-state index in [-0.39, 0.29) is 18.3 Å². The molecule has 0 aliphatic carbocycles. The van der Waals surface area contributed by atoms with Crippen molar-refractivity contribution < 1.29 is 14.3 Å². The van der Waals surface area contributed by atoms with Crippen LogP contribution in [0.4, 0.5) is 0 Å². The van der Waals surface area contributed by atoms with Gasteiger partial charge in [0, 0.05) is 19.2 Å². The number of amides is 1. The molecule has 1 N–H and O–H groups in total. The molecule has 1 atom stereocenters. The molecule has 2 heterocycles. The standard InChI is InChI=1S/C18H24N2O3.ClH/c1-19-12-15-3-2-8-20(13-15)18(21)7-5-14-4-6-16-17(11-14)23-10-9-22-16;/h4-7,11,15,19H,2-3,8-10,12-13H2,1H3;1H/b7-5+;. The van der Waals surface area contributed by atoms with E-state index in [1.54, 1.807) is 6.08 Å². The Morgan fingerprint density at radius 3 is 2.92 bits per heavy atom. The molecule has 1 aromatic rings. The van der Waals surface area contributed by atoms with Gasteiger partial charge in [-0.15, -0.1) is 12.4 Å². The van der Waals surface area contributed by atoms with Crippen molar-refractivity contribution in [3.05, 3.63) is 29.8 Å². The Labute approximate surface area is 149 Å². The molecule has 24 heavy (non-hydrogen) atoms. The fourth-order valence-electron chi connectivity index (χ4n) is 3.16. The topological polar surface area (TPSA) is 50.8 Å². The van der Waals surface area contributed by atoms with E-state index in [1.807, 2.05) is 36.2 Å². The third-order valence-corrected chi connectivity index (χ3v) is 4.31. The molecule has 0 saturated carbocycles. The zero-order valence-corrected chi connectivity index (χ0v) is 14.8. The van der Waals surface area contributed by atoms with Gasteiger partial charge in [-0.05, 0) is 56.1 Å². The van der Waals surface area contributed by atoms with Crippen LogP contribution in [0.15, 0.2) is 24.3 Å². The average Bonchev–Trinajstić information content (AvgIpc) is 2.60. The first kappa shape index (κ1) is 18.6. The normalized spacial score (nSPS) is 19.9. The van der Waals surface area contributed by atoms with Crippen LogP contribution in [0.2, 0.25) is 0 Å². The van der Waals surface area contributed by atoms with Crippen molar-refractivity contribution in [2.24, 2.45) is 5.92 Å². The highest BCUT2D eigenvalue weighted by Crippen LogP contribution is 2.31. The van der Waals surface area contributed by atoms with Gasteiger partial charge in [0.2, 0.25) is 5.91 Å². The number of nitrogens with one attached hydrogen (secondary N) is 1. The first-order valence-corrected chi connectivity index (χ1v) is 8.27. The number of hydrogen-bond acceptors (Lipinski definition) is 4. The lowest BCUT2D eigenvalue weighted by atomic mass is 9.98. The quantitative estimate of drug-likeness (QED) is 0.845. The van der Waals surface area contributed by atoms with Crippen molar-refractivity contribution in [2.75, 3.05) is 39.9 Å². The van der Waals surface area contributed by atoms with E-state index in [1.165, 1.54) is 6.42 Å². The van der Waals surface area contributed by atoms with Crippen molar-refractivity contribution >= 4 is 24.4 Å². The van der Waals surface area contributed by atoms with E-state index in [2.05, 4.69) is 5.32 Å². The van der Waals surface area contributed by atoms with Gasteiger partial charge in [-0.1, -0.05) is 6.07 Å². The van der Waals surface area contributed by atoms with Crippen molar-refractivity contribution in [1.29, 1.82) is 0 Å². The Morgan fingerprint density at radius 1 is 1.33 bits per heavy atom. The SMILES string of the molecule is CNCC1CCCN(C(=O)/C=C/c2ccc3c(c2)OCCO3)C1.Cl. The lowest BCUT2D eigenvalue weighted by Crippen LogP contribution is -2.41. The number of benzene rings is 1. The summed E-state index contributed by atoms with van der Waals surface area (Å²) in [5.74, 6) is 2.16. The zero-order chi connectivity index (χ0) is 16.1. The molecule has 1 amide bonds. The highest BCUT2D eigenvalue weighted by molar-refractivity contribution is 5.92. The maximum Gasteiger partial charge on any atom is 0.246 e. The molecule has 132 valence electrons. The van der Waals surface area contributed by atoms with E-state index >= 15 is 0 Å². The summed E-state index contributed by atoms with van der Waals surface area (Å²) < 4.78 is 11.1. The molecule has 2 aliphatic rings. The van der Waals surface area contributed by atoms with Crippen LogP contribution in [-0.2, 0) is 4.79 Å². The molecule has 5 nitrogen and oxygen atoms in total. The van der Waals surface area contributed by atoms with Crippen LogP contribution in [0.5, 0.6) is 11.5 Å². The Kier molecular flexibility index (Phi) is 6.94. The Balaban J connectivity index is 0.00000208. The number of rotatable bonds is 4. The Bertz CT molecular complexity index is 590. The summed E-state index contributed by atoms with van der Waals surface area (Å²) >= 11 is 0. The molecule has 1 unspecified atom stereocenters. The number of fused-ring (bicyclic) bond motifs is 1. The van der Waals surface area contributed by atoms with Crippen molar-refractivity contribution in [3.63, 3.8) is 0 Å². The lowest BCUT2D eigenvalue weighted by molar-refractivity contribution is -0.127. The second-order valence-electron chi connectivity index (χ2n) is 6.09. The predicted molar refractivity (Wildman–Crippen MR) is 96.9 cm³/mol. The summed E-state index contributed by atoms with van der Waals surface area (Å²) in [6.45, 7) is 3.81. The molecule has 3 rings (SSSR count). The number of likely N-dealkylation sites (tertiary alicyclic amines) is 1. The zero-order valence-electron chi connectivity index (χ0n) is 14.0. The average molecular weight is 353 g/mol. The van der Waals surface area contributed by atoms with E-state index < -0.39 is 0 Å². The summed E-state index contributed by atoms with van der Waals surface area (Å²) in [6, 6.07) is 5.75. The summed E-state index contributed by atoms with van der Waals surface area (Å²) in [6.07, 6.45) is 5.78. The first-order valence-electron chi connectivity index (χ1n) is 8.27. The van der Waals surface area contributed by atoms with Gasteiger partial charge in [0.05, 0.1) is 0 Å². The maximum absolute atomic E-state index is 12.4. The molecule has 0 radical (unpaired) electrons. The second kappa shape index (κ2) is 8.94. The fraction of sp³-hybridized carbons (Fsp3) is 0.500. The van der Waals surface area contributed by atoms with Gasteiger partial charge >= 0.3 is 0 Å². The minimum Gasteiger partial charge on any atom is -0.486 e. The number of carbonyl (C=O) groups is 1. The Morgan fingerprint density at radius 2 is 2.12 bits per heavy atom. The van der Waals surface area contributed by atoms with E-state index in [9.17, 15) is 4.79 Å². The minimum atomic E-state index is 0. The van der Waals surface area contributed by atoms with Crippen LogP contribution >= 0.6 is 12.4 Å². The number of piperidine rings is 1. The summed E-state index contributed by atoms with van der Waals surface area (Å²) in [7, 11) is 1.96. The number of halogens is 1. The number of ether oxygens (including phenoxy) is 2. The van der Waals surface area contributed by atoms with Crippen molar-refractivity contribution in [2.45, 2.75) is 12.8 Å². The molecule has 0 spiro atoms. The number of nitrogens with zero attached hydrogens (tertiary/aromatic N) is 1. The van der Waals surface area contributed by atoms with E-state index in [0.29, 0.717) is 19.1 Å². The van der Waals surface area contributed by atoms with Crippen LogP contribution in [0.25, 0.3) is 6.08 Å². The molecule has 0 bridgehead atoms. The molecule has 6 heteroatoms. The minimum absolute atomic E-state index is 0. The first-order chi connectivity index (χ1) is 11.3. The summed E-state index contributed by atoms with van der Waals surface area (Å²) in [5, 5.41) is 3.20. The Hall–Kier alpha value is -1.72. The largest absolute Gasteiger partial charge is 0.486 e. The number of hydrogen-bond donors (Lipinski definition) is 1. The van der Waals surface area contributed by atoms with Gasteiger partial charge in [-0.2, -0.15) is 0 Å². The van der Waals surface area contributed by atoms with Gasteiger partial charge in [-0.25, -0.2) is 0 Å². The van der Waals surface area contributed by atoms with Gasteiger partial charge < -0.3 is 19.7 Å². The van der Waals surface area contributed by atoms with Crippen molar-refractivity contribution in [1.82, 2.24) is 10.2 Å². The lowest BCUT2D eigenvalue weighted by Gasteiger charge is -2.32. The van der Waals surface area contributed by atoms with Crippen LogP contribution < -0.4 is 14.8 Å². The van der Waals surface area contributed by atoms with Crippen LogP contribution in [0, 0.1) is 5.92 Å². The molecule has 2 aliphatic heterocycles. The highest BCUT2D eigenvalue weighted by atomic mass is 35.5. The van der Waals surface area contributed by atoms with Gasteiger partial charge in [-0.3, -0.25) is 4.79 Å². The second-order valence-corrected chi connectivity index (χ2v) is 6.09. The summed E-state index contributed by atoms with van der Waals surface area (Å²) in [5.41, 5.74) is 0.950. The van der Waals surface area contributed by atoms with Gasteiger partial charge in [0.1, 0.15) is 13.2 Å². The highest BCUT2D eigenvalue weighted by Gasteiger charge is 2.21. The molecule has 1 saturated heterocycles. The van der Waals surface area contributed by atoms with Gasteiger partial charge in [0.25, 0.3) is 0 Å². The van der Waals surface area contributed by atoms with Crippen molar-refractivity contribution in [3.8, 4) is 11.5 Å². The monoisotopic (exact) mass is 352 g/mol. The maximum atomic E-state index is 12.4. The third-order valence-electron chi connectivity index (χ3n) is 4.31. The van der Waals surface area contributed by atoms with Crippen LogP contribution in [0.1, 0.15) is 18.4 Å². The number of carbonyl (C=O) groups excluding carboxylic acids is 1.